The zero-order chi connectivity index (χ0) is 11.8. The molecule has 0 atom stereocenters. The zero-order valence-corrected chi connectivity index (χ0v) is 10.8. The van der Waals surface area contributed by atoms with Gasteiger partial charge >= 0.3 is 0 Å². The van der Waals surface area contributed by atoms with E-state index in [9.17, 15) is 0 Å². The molecule has 3 heteroatoms. The van der Waals surface area contributed by atoms with E-state index in [2.05, 4.69) is 12.2 Å². The first kappa shape index (κ1) is 13.3. The number of hydrogen-bond donors (Lipinski definition) is 1. The van der Waals surface area contributed by atoms with E-state index in [1.807, 2.05) is 25.1 Å². The smallest absolute Gasteiger partial charge is 0.119 e. The third kappa shape index (κ3) is 4.86. The lowest BCUT2D eigenvalue weighted by molar-refractivity contribution is 0.313. The highest BCUT2D eigenvalue weighted by molar-refractivity contribution is 6.31. The fourth-order valence-corrected chi connectivity index (χ4v) is 1.49. The van der Waals surface area contributed by atoms with Gasteiger partial charge in [-0.3, -0.25) is 0 Å². The van der Waals surface area contributed by atoms with Crippen molar-refractivity contribution in [1.82, 2.24) is 5.32 Å². The molecule has 0 aliphatic carbocycles. The van der Waals surface area contributed by atoms with Gasteiger partial charge in [0, 0.05) is 11.6 Å². The van der Waals surface area contributed by atoms with Crippen molar-refractivity contribution in [3.8, 4) is 5.75 Å². The average molecular weight is 242 g/mol. The third-order valence-electron chi connectivity index (χ3n) is 2.38. The molecule has 2 nitrogen and oxygen atoms in total. The zero-order valence-electron chi connectivity index (χ0n) is 10.1. The Balaban J connectivity index is 2.19. The summed E-state index contributed by atoms with van der Waals surface area (Å²) in [5.74, 6) is 0.888. The highest BCUT2D eigenvalue weighted by Crippen LogP contribution is 2.20. The van der Waals surface area contributed by atoms with Gasteiger partial charge < -0.3 is 10.1 Å². The van der Waals surface area contributed by atoms with Gasteiger partial charge in [0.25, 0.3) is 0 Å². The summed E-state index contributed by atoms with van der Waals surface area (Å²) < 4.78 is 5.60. The molecule has 0 unspecified atom stereocenters. The number of aryl methyl sites for hydroxylation is 1. The molecule has 16 heavy (non-hydrogen) atoms. The van der Waals surface area contributed by atoms with Crippen LogP contribution in [0.2, 0.25) is 5.02 Å². The molecule has 0 radical (unpaired) electrons. The Morgan fingerprint density at radius 2 is 2.12 bits per heavy atom. The van der Waals surface area contributed by atoms with E-state index in [1.54, 1.807) is 0 Å². The van der Waals surface area contributed by atoms with Gasteiger partial charge in [-0.25, -0.2) is 0 Å². The molecule has 0 aliphatic heterocycles. The molecule has 0 aromatic heterocycles. The van der Waals surface area contributed by atoms with E-state index in [4.69, 9.17) is 16.3 Å². The largest absolute Gasteiger partial charge is 0.492 e. The van der Waals surface area contributed by atoms with Crippen molar-refractivity contribution in [1.29, 1.82) is 0 Å². The van der Waals surface area contributed by atoms with Gasteiger partial charge in [-0.05, 0) is 43.7 Å². The molecule has 90 valence electrons. The molecule has 1 N–H and O–H groups in total. The van der Waals surface area contributed by atoms with Gasteiger partial charge in [0.1, 0.15) is 12.4 Å². The van der Waals surface area contributed by atoms with Crippen LogP contribution in [0.3, 0.4) is 0 Å². The standard InChI is InChI=1S/C13H20ClNO/c1-3-4-7-15-8-9-16-12-5-6-13(14)11(2)10-12/h5-6,10,15H,3-4,7-9H2,1-2H3. The predicted molar refractivity (Wildman–Crippen MR) is 69.5 cm³/mol. The average Bonchev–Trinajstić information content (AvgIpc) is 2.28. The molecule has 0 bridgehead atoms. The van der Waals surface area contributed by atoms with Crippen molar-refractivity contribution in [2.24, 2.45) is 0 Å². The summed E-state index contributed by atoms with van der Waals surface area (Å²) in [4.78, 5) is 0. The molecule has 0 amide bonds. The molecule has 0 spiro atoms. The summed E-state index contributed by atoms with van der Waals surface area (Å²) in [6.07, 6.45) is 2.45. The van der Waals surface area contributed by atoms with E-state index < -0.39 is 0 Å². The van der Waals surface area contributed by atoms with E-state index >= 15 is 0 Å². The summed E-state index contributed by atoms with van der Waals surface area (Å²) in [5, 5.41) is 4.12. The SMILES string of the molecule is CCCCNCCOc1ccc(Cl)c(C)c1. The van der Waals surface area contributed by atoms with Crippen LogP contribution in [0.4, 0.5) is 0 Å². The van der Waals surface area contributed by atoms with Crippen molar-refractivity contribution in [3.63, 3.8) is 0 Å². The Morgan fingerprint density at radius 1 is 1.31 bits per heavy atom. The number of rotatable bonds is 7. The second-order valence-electron chi connectivity index (χ2n) is 3.86. The Labute approximate surface area is 103 Å². The number of halogens is 1. The van der Waals surface area contributed by atoms with Gasteiger partial charge in [0.15, 0.2) is 0 Å². The van der Waals surface area contributed by atoms with E-state index in [-0.39, 0.29) is 0 Å². The first-order valence-corrected chi connectivity index (χ1v) is 6.21. The molecule has 1 rings (SSSR count). The lowest BCUT2D eigenvalue weighted by Crippen LogP contribution is -2.21. The fourth-order valence-electron chi connectivity index (χ4n) is 1.37. The number of ether oxygens (including phenoxy) is 1. The monoisotopic (exact) mass is 241 g/mol. The summed E-state index contributed by atoms with van der Waals surface area (Å²) in [6, 6.07) is 5.74. The molecule has 0 saturated carbocycles. The van der Waals surface area contributed by atoms with Gasteiger partial charge in [-0.2, -0.15) is 0 Å². The maximum Gasteiger partial charge on any atom is 0.119 e. The number of nitrogens with one attached hydrogen (secondary N) is 1. The molecule has 0 aliphatic rings. The number of unbranched alkanes of at least 4 members (excludes halogenated alkanes) is 1. The fraction of sp³-hybridized carbons (Fsp3) is 0.538. The molecular formula is C13H20ClNO. The lowest BCUT2D eigenvalue weighted by atomic mass is 10.2. The van der Waals surface area contributed by atoms with Gasteiger partial charge in [0.05, 0.1) is 0 Å². The van der Waals surface area contributed by atoms with E-state index in [1.165, 1.54) is 12.8 Å². The quantitative estimate of drug-likeness (QED) is 0.739. The molecule has 1 aromatic rings. The second-order valence-corrected chi connectivity index (χ2v) is 4.27. The van der Waals surface area contributed by atoms with Crippen molar-refractivity contribution in [2.75, 3.05) is 19.7 Å². The van der Waals surface area contributed by atoms with E-state index in [0.29, 0.717) is 6.61 Å². The normalized spacial score (nSPS) is 10.4. The van der Waals surface area contributed by atoms with Crippen LogP contribution < -0.4 is 10.1 Å². The van der Waals surface area contributed by atoms with E-state index in [0.717, 1.165) is 29.4 Å². The molecule has 0 heterocycles. The van der Waals surface area contributed by atoms with Gasteiger partial charge in [-0.15, -0.1) is 0 Å². The topological polar surface area (TPSA) is 21.3 Å². The summed E-state index contributed by atoms with van der Waals surface area (Å²) in [5.41, 5.74) is 1.05. The van der Waals surface area contributed by atoms with Crippen LogP contribution in [-0.2, 0) is 0 Å². The van der Waals surface area contributed by atoms with Crippen LogP contribution >= 0.6 is 11.6 Å². The minimum Gasteiger partial charge on any atom is -0.492 e. The van der Waals surface area contributed by atoms with Crippen LogP contribution in [0, 0.1) is 6.92 Å². The van der Waals surface area contributed by atoms with Crippen LogP contribution in [0.15, 0.2) is 18.2 Å². The Kier molecular flexibility index (Phi) is 6.27. The molecule has 1 aromatic carbocycles. The highest BCUT2D eigenvalue weighted by atomic mass is 35.5. The Bertz CT molecular complexity index is 315. The summed E-state index contributed by atoms with van der Waals surface area (Å²) in [6.45, 7) is 6.83. The highest BCUT2D eigenvalue weighted by Gasteiger charge is 1.98. The summed E-state index contributed by atoms with van der Waals surface area (Å²) in [7, 11) is 0. The van der Waals surface area contributed by atoms with Crippen LogP contribution in [0.5, 0.6) is 5.75 Å². The van der Waals surface area contributed by atoms with Crippen molar-refractivity contribution >= 4 is 11.6 Å². The minimum absolute atomic E-state index is 0.699. The maximum atomic E-state index is 5.93. The predicted octanol–water partition coefficient (Wildman–Crippen LogP) is 3.42. The first-order valence-electron chi connectivity index (χ1n) is 5.83. The lowest BCUT2D eigenvalue weighted by Gasteiger charge is -2.08. The Morgan fingerprint density at radius 3 is 2.81 bits per heavy atom. The number of benzene rings is 1. The maximum absolute atomic E-state index is 5.93. The van der Waals surface area contributed by atoms with Crippen molar-refractivity contribution in [3.05, 3.63) is 28.8 Å². The Hall–Kier alpha value is -0.730. The first-order chi connectivity index (χ1) is 7.74. The molecule has 0 saturated heterocycles. The van der Waals surface area contributed by atoms with Crippen LogP contribution in [0.25, 0.3) is 0 Å². The van der Waals surface area contributed by atoms with Crippen LogP contribution in [0.1, 0.15) is 25.3 Å². The van der Waals surface area contributed by atoms with Crippen LogP contribution in [-0.4, -0.2) is 19.7 Å². The molecular weight excluding hydrogens is 222 g/mol. The van der Waals surface area contributed by atoms with Gasteiger partial charge in [-0.1, -0.05) is 24.9 Å². The summed E-state index contributed by atoms with van der Waals surface area (Å²) >= 11 is 5.93. The minimum atomic E-state index is 0.699. The van der Waals surface area contributed by atoms with Crippen molar-refractivity contribution < 1.29 is 4.74 Å². The molecule has 0 fully saturated rings. The second kappa shape index (κ2) is 7.53. The van der Waals surface area contributed by atoms with Crippen molar-refractivity contribution in [2.45, 2.75) is 26.7 Å². The van der Waals surface area contributed by atoms with Gasteiger partial charge in [0.2, 0.25) is 0 Å². The third-order valence-corrected chi connectivity index (χ3v) is 2.81. The number of hydrogen-bond acceptors (Lipinski definition) is 2.